The number of hydrogen-bond donors (Lipinski definition) is 2. The van der Waals surface area contributed by atoms with Gasteiger partial charge in [0.05, 0.1) is 11.1 Å². The molecule has 0 radical (unpaired) electrons. The number of fused-ring (bicyclic) bond motifs is 1. The van der Waals surface area contributed by atoms with Gasteiger partial charge < -0.3 is 5.32 Å². The number of hydrogen-bond acceptors (Lipinski definition) is 3. The van der Waals surface area contributed by atoms with E-state index < -0.39 is 0 Å². The molecule has 2 N–H and O–H groups in total. The van der Waals surface area contributed by atoms with Crippen molar-refractivity contribution in [3.8, 4) is 0 Å². The van der Waals surface area contributed by atoms with E-state index in [0.717, 1.165) is 11.1 Å². The first-order valence-corrected chi connectivity index (χ1v) is 6.85. The summed E-state index contributed by atoms with van der Waals surface area (Å²) in [5.74, 6) is 0.653. The second-order valence-corrected chi connectivity index (χ2v) is 5.20. The minimum Gasteiger partial charge on any atom is -0.305 e. The van der Waals surface area contributed by atoms with Gasteiger partial charge in [0.2, 0.25) is 0 Å². The van der Waals surface area contributed by atoms with E-state index in [1.807, 2.05) is 30.3 Å². The van der Waals surface area contributed by atoms with E-state index in [2.05, 4.69) is 34.3 Å². The number of amides is 1. The van der Waals surface area contributed by atoms with E-state index in [4.69, 9.17) is 0 Å². The maximum Gasteiger partial charge on any atom is 0.259 e. The highest BCUT2D eigenvalue weighted by Gasteiger charge is 2.13. The van der Waals surface area contributed by atoms with Gasteiger partial charge >= 0.3 is 0 Å². The third-order valence-electron chi connectivity index (χ3n) is 3.34. The molecule has 1 aromatic carbocycles. The zero-order valence-corrected chi connectivity index (χ0v) is 11.9. The minimum atomic E-state index is -0.207. The third kappa shape index (κ3) is 2.63. The van der Waals surface area contributed by atoms with Crippen LogP contribution in [0, 0.1) is 0 Å². The van der Waals surface area contributed by atoms with Crippen LogP contribution in [0.15, 0.2) is 42.6 Å². The predicted molar refractivity (Wildman–Crippen MR) is 82.4 cm³/mol. The van der Waals surface area contributed by atoms with Crippen molar-refractivity contribution in [1.82, 2.24) is 15.2 Å². The van der Waals surface area contributed by atoms with Crippen LogP contribution in [0.3, 0.4) is 0 Å². The zero-order chi connectivity index (χ0) is 14.8. The average Bonchev–Trinajstić information content (AvgIpc) is 2.95. The molecule has 0 aliphatic carbocycles. The minimum absolute atomic E-state index is 0.207. The van der Waals surface area contributed by atoms with E-state index in [-0.39, 0.29) is 5.91 Å². The van der Waals surface area contributed by atoms with E-state index in [1.165, 1.54) is 0 Å². The highest BCUT2D eigenvalue weighted by molar-refractivity contribution is 6.11. The molecule has 0 unspecified atom stereocenters. The lowest BCUT2D eigenvalue weighted by molar-refractivity contribution is 0.102. The molecule has 0 saturated carbocycles. The molecule has 106 valence electrons. The van der Waals surface area contributed by atoms with Crippen molar-refractivity contribution in [1.29, 1.82) is 0 Å². The summed E-state index contributed by atoms with van der Waals surface area (Å²) in [6, 6.07) is 11.2. The highest BCUT2D eigenvalue weighted by Crippen LogP contribution is 2.19. The monoisotopic (exact) mass is 280 g/mol. The van der Waals surface area contributed by atoms with Crippen molar-refractivity contribution < 1.29 is 4.79 Å². The second kappa shape index (κ2) is 5.36. The third-order valence-corrected chi connectivity index (χ3v) is 3.34. The number of aromatic amines is 1. The summed E-state index contributed by atoms with van der Waals surface area (Å²) in [4.78, 5) is 16.7. The summed E-state index contributed by atoms with van der Waals surface area (Å²) in [5, 5.41) is 10.8. The highest BCUT2D eigenvalue weighted by atomic mass is 16.1. The second-order valence-electron chi connectivity index (χ2n) is 5.20. The Kier molecular flexibility index (Phi) is 3.39. The van der Waals surface area contributed by atoms with Crippen LogP contribution >= 0.6 is 0 Å². The van der Waals surface area contributed by atoms with Crippen molar-refractivity contribution in [2.75, 3.05) is 5.32 Å². The number of aromatic nitrogens is 3. The molecule has 0 bridgehead atoms. The van der Waals surface area contributed by atoms with Crippen molar-refractivity contribution >= 4 is 22.6 Å². The van der Waals surface area contributed by atoms with Crippen LogP contribution in [0.1, 0.15) is 35.8 Å². The van der Waals surface area contributed by atoms with Gasteiger partial charge in [-0.15, -0.1) is 0 Å². The quantitative estimate of drug-likeness (QED) is 0.773. The van der Waals surface area contributed by atoms with Gasteiger partial charge in [0.15, 0.2) is 5.82 Å². The number of carbonyl (C=O) groups excluding carboxylic acids is 1. The molecule has 5 heteroatoms. The first kappa shape index (κ1) is 13.3. The average molecular weight is 280 g/mol. The molecule has 5 nitrogen and oxygen atoms in total. The van der Waals surface area contributed by atoms with E-state index in [9.17, 15) is 4.79 Å². The number of rotatable bonds is 3. The van der Waals surface area contributed by atoms with Gasteiger partial charge in [-0.1, -0.05) is 32.0 Å². The van der Waals surface area contributed by atoms with Gasteiger partial charge in [0, 0.05) is 23.3 Å². The molecule has 3 rings (SSSR count). The summed E-state index contributed by atoms with van der Waals surface area (Å²) in [6.45, 7) is 4.13. The Labute approximate surface area is 122 Å². The lowest BCUT2D eigenvalue weighted by Gasteiger charge is -2.05. The SMILES string of the molecule is CC(C)c1cc(NC(=O)c2cccc3cccnc23)n[nH]1. The van der Waals surface area contributed by atoms with Crippen LogP contribution in [0.5, 0.6) is 0 Å². The van der Waals surface area contributed by atoms with Crippen LogP contribution < -0.4 is 5.32 Å². The molecule has 0 fully saturated rings. The Morgan fingerprint density at radius 1 is 1.24 bits per heavy atom. The molecule has 1 amide bonds. The van der Waals surface area contributed by atoms with E-state index in [1.54, 1.807) is 12.3 Å². The molecule has 0 atom stereocenters. The topological polar surface area (TPSA) is 70.7 Å². The first-order chi connectivity index (χ1) is 10.1. The Balaban J connectivity index is 1.90. The molecule has 0 aliphatic rings. The first-order valence-electron chi connectivity index (χ1n) is 6.85. The summed E-state index contributed by atoms with van der Waals surface area (Å²) >= 11 is 0. The number of carbonyl (C=O) groups is 1. The van der Waals surface area contributed by atoms with Gasteiger partial charge in [-0.3, -0.25) is 14.9 Å². The van der Waals surface area contributed by atoms with Crippen molar-refractivity contribution in [2.45, 2.75) is 19.8 Å². The molecule has 0 spiro atoms. The Morgan fingerprint density at radius 3 is 2.81 bits per heavy atom. The Bertz CT molecular complexity index is 786. The van der Waals surface area contributed by atoms with E-state index >= 15 is 0 Å². The zero-order valence-electron chi connectivity index (χ0n) is 11.9. The largest absolute Gasteiger partial charge is 0.305 e. The van der Waals surface area contributed by atoms with E-state index in [0.29, 0.717) is 22.8 Å². The van der Waals surface area contributed by atoms with Gasteiger partial charge in [-0.05, 0) is 18.1 Å². The number of pyridine rings is 1. The number of anilines is 1. The van der Waals surface area contributed by atoms with Gasteiger partial charge in [0.25, 0.3) is 5.91 Å². The number of nitrogens with zero attached hydrogens (tertiary/aromatic N) is 2. The van der Waals surface area contributed by atoms with Crippen LogP contribution in [-0.2, 0) is 0 Å². The molecule has 21 heavy (non-hydrogen) atoms. The number of nitrogens with one attached hydrogen (secondary N) is 2. The Morgan fingerprint density at radius 2 is 2.05 bits per heavy atom. The fourth-order valence-corrected chi connectivity index (χ4v) is 2.17. The van der Waals surface area contributed by atoms with Gasteiger partial charge in [-0.2, -0.15) is 5.10 Å². The molecular formula is C16H16N4O. The fraction of sp³-hybridized carbons (Fsp3) is 0.188. The lowest BCUT2D eigenvalue weighted by Crippen LogP contribution is -2.13. The van der Waals surface area contributed by atoms with Crippen LogP contribution in [-0.4, -0.2) is 21.1 Å². The number of benzene rings is 1. The molecule has 2 aromatic heterocycles. The van der Waals surface area contributed by atoms with Gasteiger partial charge in [0.1, 0.15) is 0 Å². The summed E-state index contributed by atoms with van der Waals surface area (Å²) < 4.78 is 0. The van der Waals surface area contributed by atoms with Crippen LogP contribution in [0.2, 0.25) is 0 Å². The van der Waals surface area contributed by atoms with Crippen molar-refractivity contribution in [3.63, 3.8) is 0 Å². The molecule has 0 aliphatic heterocycles. The summed E-state index contributed by atoms with van der Waals surface area (Å²) in [6.07, 6.45) is 1.69. The maximum atomic E-state index is 12.4. The number of H-pyrrole nitrogens is 1. The molecular weight excluding hydrogens is 264 g/mol. The lowest BCUT2D eigenvalue weighted by atomic mass is 10.1. The summed E-state index contributed by atoms with van der Waals surface area (Å²) in [7, 11) is 0. The Hall–Kier alpha value is -2.69. The predicted octanol–water partition coefficient (Wildman–Crippen LogP) is 3.33. The van der Waals surface area contributed by atoms with Crippen molar-refractivity contribution in [2.24, 2.45) is 0 Å². The molecule has 0 saturated heterocycles. The van der Waals surface area contributed by atoms with Gasteiger partial charge in [-0.25, -0.2) is 0 Å². The normalized spacial score (nSPS) is 11.0. The molecule has 3 aromatic rings. The van der Waals surface area contributed by atoms with Crippen LogP contribution in [0.25, 0.3) is 10.9 Å². The maximum absolute atomic E-state index is 12.4. The summed E-state index contributed by atoms with van der Waals surface area (Å²) in [5.41, 5.74) is 2.22. The van der Waals surface area contributed by atoms with Crippen LogP contribution in [0.4, 0.5) is 5.82 Å². The molecule has 2 heterocycles. The van der Waals surface area contributed by atoms with Crippen molar-refractivity contribution in [3.05, 3.63) is 53.9 Å². The number of para-hydroxylation sites is 1. The fourth-order valence-electron chi connectivity index (χ4n) is 2.17. The standard InChI is InChI=1S/C16H16N4O/c1-10(2)13-9-14(20-19-13)18-16(21)12-7-3-5-11-6-4-8-17-15(11)12/h3-10H,1-2H3,(H2,18,19,20,21). The smallest absolute Gasteiger partial charge is 0.259 e.